The lowest BCUT2D eigenvalue weighted by molar-refractivity contribution is 0.288. The van der Waals surface area contributed by atoms with E-state index in [2.05, 4.69) is 9.97 Å². The molecule has 0 saturated heterocycles. The topological polar surface area (TPSA) is 64.3 Å². The van der Waals surface area contributed by atoms with Crippen molar-refractivity contribution in [1.82, 2.24) is 9.97 Å². The second kappa shape index (κ2) is 9.71. The zero-order valence-electron chi connectivity index (χ0n) is 17.9. The minimum atomic E-state index is -0.820. The van der Waals surface area contributed by atoms with Gasteiger partial charge < -0.3 is 15.4 Å². The second-order valence-corrected chi connectivity index (χ2v) is 8.24. The molecule has 0 aliphatic carbocycles. The van der Waals surface area contributed by atoms with Crippen LogP contribution in [0.25, 0.3) is 11.1 Å². The highest BCUT2D eigenvalue weighted by atomic mass is 35.5. The number of nitrogen functional groups attached to an aromatic ring is 1. The Morgan fingerprint density at radius 1 is 1.10 bits per heavy atom. The van der Waals surface area contributed by atoms with E-state index in [1.165, 1.54) is 0 Å². The summed E-state index contributed by atoms with van der Waals surface area (Å²) < 4.78 is 20.0. The lowest BCUT2D eigenvalue weighted by Gasteiger charge is -2.26. The van der Waals surface area contributed by atoms with E-state index in [0.717, 1.165) is 16.9 Å². The highest BCUT2D eigenvalue weighted by Gasteiger charge is 2.21. The van der Waals surface area contributed by atoms with Gasteiger partial charge in [0.2, 0.25) is 5.95 Å². The first-order valence-electron chi connectivity index (χ1n) is 9.83. The van der Waals surface area contributed by atoms with Crippen LogP contribution in [-0.2, 0) is 6.67 Å². The van der Waals surface area contributed by atoms with E-state index in [9.17, 15) is 4.39 Å². The van der Waals surface area contributed by atoms with Crippen molar-refractivity contribution >= 4 is 35.0 Å². The third-order valence-corrected chi connectivity index (χ3v) is 6.02. The number of alkyl halides is 1. The quantitative estimate of drug-likeness (QED) is 0.464. The fraction of sp³-hybridized carbons (Fsp3) is 0.304. The molecule has 1 aromatic heterocycles. The molecule has 1 heterocycles. The molecule has 0 aliphatic heterocycles. The van der Waals surface area contributed by atoms with E-state index < -0.39 is 6.67 Å². The van der Waals surface area contributed by atoms with Gasteiger partial charge in [0.1, 0.15) is 24.8 Å². The minimum absolute atomic E-state index is 0.0912. The van der Waals surface area contributed by atoms with Gasteiger partial charge in [-0.3, -0.25) is 0 Å². The number of ether oxygens (including phenoxy) is 1. The maximum atomic E-state index is 13.9. The van der Waals surface area contributed by atoms with Crippen LogP contribution in [0, 0.1) is 13.8 Å². The van der Waals surface area contributed by atoms with Crippen LogP contribution in [0.5, 0.6) is 5.75 Å². The first-order valence-corrected chi connectivity index (χ1v) is 10.6. The number of aryl methyl sites for hydroxylation is 2. The average Bonchev–Trinajstić information content (AvgIpc) is 2.74. The standard InChI is InChI=1S/C23H25Cl2FN4O/c1-13-7-5-8-14(2)21(13)31-12-15(3)30(4)23-28-18(11-26)19(22(27)29-23)16-9-6-10-17(24)20(16)25/h5-10,15H,11-12H2,1-4H3,(H2,27,28,29). The Bertz CT molecular complexity index is 1070. The van der Waals surface area contributed by atoms with Crippen molar-refractivity contribution in [2.24, 2.45) is 0 Å². The summed E-state index contributed by atoms with van der Waals surface area (Å²) >= 11 is 12.4. The Morgan fingerprint density at radius 3 is 2.39 bits per heavy atom. The number of hydrogen-bond acceptors (Lipinski definition) is 5. The molecule has 1 unspecified atom stereocenters. The van der Waals surface area contributed by atoms with Crippen LogP contribution in [0.2, 0.25) is 10.0 Å². The molecule has 0 spiro atoms. The number of anilines is 2. The largest absolute Gasteiger partial charge is 0.491 e. The normalized spacial score (nSPS) is 12.0. The number of rotatable bonds is 7. The lowest BCUT2D eigenvalue weighted by Crippen LogP contribution is -2.35. The van der Waals surface area contributed by atoms with Crippen molar-refractivity contribution in [3.8, 4) is 16.9 Å². The van der Waals surface area contributed by atoms with E-state index >= 15 is 0 Å². The van der Waals surface area contributed by atoms with Crippen molar-refractivity contribution in [3.05, 3.63) is 63.3 Å². The highest BCUT2D eigenvalue weighted by Crippen LogP contribution is 2.38. The number of aromatic nitrogens is 2. The zero-order valence-corrected chi connectivity index (χ0v) is 19.4. The average molecular weight is 463 g/mol. The molecular weight excluding hydrogens is 438 g/mol. The predicted molar refractivity (Wildman–Crippen MR) is 126 cm³/mol. The molecule has 0 radical (unpaired) electrons. The number of hydrogen-bond donors (Lipinski definition) is 1. The Kier molecular flexibility index (Phi) is 7.23. The molecule has 164 valence electrons. The van der Waals surface area contributed by atoms with Crippen molar-refractivity contribution in [3.63, 3.8) is 0 Å². The zero-order chi connectivity index (χ0) is 22.7. The van der Waals surface area contributed by atoms with Crippen LogP contribution >= 0.6 is 23.2 Å². The number of likely N-dealkylation sites (N-methyl/N-ethyl adjacent to an activating group) is 1. The van der Waals surface area contributed by atoms with Gasteiger partial charge in [0, 0.05) is 18.2 Å². The van der Waals surface area contributed by atoms with Gasteiger partial charge in [0.05, 0.1) is 21.8 Å². The molecule has 0 fully saturated rings. The molecule has 0 bridgehead atoms. The fourth-order valence-corrected chi connectivity index (χ4v) is 3.69. The predicted octanol–water partition coefficient (Wildman–Crippen LogP) is 6.02. The van der Waals surface area contributed by atoms with Gasteiger partial charge in [-0.2, -0.15) is 4.98 Å². The SMILES string of the molecule is Cc1cccc(C)c1OCC(C)N(C)c1nc(N)c(-c2cccc(Cl)c2Cl)c(CF)n1. The Balaban J connectivity index is 1.87. The monoisotopic (exact) mass is 462 g/mol. The second-order valence-electron chi connectivity index (χ2n) is 7.46. The number of nitrogens with two attached hydrogens (primary N) is 1. The molecular formula is C23H25Cl2FN4O. The first-order chi connectivity index (χ1) is 14.7. The summed E-state index contributed by atoms with van der Waals surface area (Å²) in [6.07, 6.45) is 0. The van der Waals surface area contributed by atoms with Gasteiger partial charge in [-0.25, -0.2) is 9.37 Å². The summed E-state index contributed by atoms with van der Waals surface area (Å²) in [4.78, 5) is 10.6. The molecule has 0 aliphatic rings. The van der Waals surface area contributed by atoms with Crippen LogP contribution in [0.3, 0.4) is 0 Å². The molecule has 1 atom stereocenters. The van der Waals surface area contributed by atoms with Crippen molar-refractivity contribution in [2.45, 2.75) is 33.5 Å². The van der Waals surface area contributed by atoms with E-state index in [1.807, 2.05) is 50.9 Å². The molecule has 8 heteroatoms. The summed E-state index contributed by atoms with van der Waals surface area (Å²) in [5.41, 5.74) is 9.36. The number of nitrogens with zero attached hydrogens (tertiary/aromatic N) is 3. The van der Waals surface area contributed by atoms with Gasteiger partial charge in [0.15, 0.2) is 0 Å². The first kappa shape index (κ1) is 23.1. The van der Waals surface area contributed by atoms with Crippen molar-refractivity contribution < 1.29 is 9.13 Å². The molecule has 3 aromatic rings. The van der Waals surface area contributed by atoms with E-state index in [-0.39, 0.29) is 22.6 Å². The third kappa shape index (κ3) is 4.86. The maximum Gasteiger partial charge on any atom is 0.227 e. The molecule has 2 N–H and O–H groups in total. The number of benzene rings is 2. The Morgan fingerprint density at radius 2 is 1.74 bits per heavy atom. The van der Waals surface area contributed by atoms with Crippen LogP contribution in [-0.4, -0.2) is 29.7 Å². The van der Waals surface area contributed by atoms with Crippen LogP contribution in [0.1, 0.15) is 23.7 Å². The molecule has 2 aromatic carbocycles. The van der Waals surface area contributed by atoms with Crippen molar-refractivity contribution in [2.75, 3.05) is 24.3 Å². The molecule has 3 rings (SSSR count). The summed E-state index contributed by atoms with van der Waals surface area (Å²) in [6.45, 7) is 5.57. The molecule has 31 heavy (non-hydrogen) atoms. The summed E-state index contributed by atoms with van der Waals surface area (Å²) in [5, 5.41) is 0.632. The molecule has 5 nitrogen and oxygen atoms in total. The van der Waals surface area contributed by atoms with E-state index in [0.29, 0.717) is 28.7 Å². The lowest BCUT2D eigenvalue weighted by atomic mass is 10.0. The Labute approximate surface area is 192 Å². The fourth-order valence-electron chi connectivity index (χ4n) is 3.30. The minimum Gasteiger partial charge on any atom is -0.491 e. The van der Waals surface area contributed by atoms with E-state index in [4.69, 9.17) is 33.7 Å². The van der Waals surface area contributed by atoms with Gasteiger partial charge in [-0.05, 0) is 38.0 Å². The summed E-state index contributed by atoms with van der Waals surface area (Å²) in [6, 6.07) is 11.0. The maximum absolute atomic E-state index is 13.9. The smallest absolute Gasteiger partial charge is 0.227 e. The van der Waals surface area contributed by atoms with Crippen LogP contribution < -0.4 is 15.4 Å². The van der Waals surface area contributed by atoms with Gasteiger partial charge >= 0.3 is 0 Å². The molecule has 0 amide bonds. The van der Waals surface area contributed by atoms with Crippen LogP contribution in [0.4, 0.5) is 16.2 Å². The van der Waals surface area contributed by atoms with Crippen LogP contribution in [0.15, 0.2) is 36.4 Å². The number of halogens is 3. The van der Waals surface area contributed by atoms with E-state index in [1.54, 1.807) is 18.2 Å². The Hall–Kier alpha value is -2.57. The van der Waals surface area contributed by atoms with Gasteiger partial charge in [-0.15, -0.1) is 0 Å². The summed E-state index contributed by atoms with van der Waals surface area (Å²) in [5.74, 6) is 1.31. The summed E-state index contributed by atoms with van der Waals surface area (Å²) in [7, 11) is 1.82. The van der Waals surface area contributed by atoms with Crippen molar-refractivity contribution in [1.29, 1.82) is 0 Å². The van der Waals surface area contributed by atoms with Gasteiger partial charge in [-0.1, -0.05) is 53.5 Å². The number of para-hydroxylation sites is 1. The molecule has 0 saturated carbocycles. The van der Waals surface area contributed by atoms with Gasteiger partial charge in [0.25, 0.3) is 0 Å². The highest BCUT2D eigenvalue weighted by molar-refractivity contribution is 6.43. The third-order valence-electron chi connectivity index (χ3n) is 5.20.